The number of fused-ring (bicyclic) bond motifs is 1. The zero-order chi connectivity index (χ0) is 7.68. The summed E-state index contributed by atoms with van der Waals surface area (Å²) in [6.07, 6.45) is 2.95. The van der Waals surface area contributed by atoms with E-state index < -0.39 is 0 Å². The highest BCUT2D eigenvalue weighted by molar-refractivity contribution is 7.18. The zero-order valence-electron chi connectivity index (χ0n) is 6.37. The fourth-order valence-corrected chi connectivity index (χ4v) is 2.06. The molecule has 2 heterocycles. The van der Waals surface area contributed by atoms with Crippen LogP contribution < -0.4 is 0 Å². The van der Waals surface area contributed by atoms with E-state index >= 15 is 0 Å². The number of rotatable bonds is 1. The number of pyridine rings is 1. The van der Waals surface area contributed by atoms with E-state index in [0.717, 1.165) is 11.9 Å². The van der Waals surface area contributed by atoms with Crippen molar-refractivity contribution in [2.75, 3.05) is 0 Å². The first-order chi connectivity index (χ1) is 5.40. The van der Waals surface area contributed by atoms with E-state index in [2.05, 4.69) is 24.0 Å². The monoisotopic (exact) mass is 163 g/mol. The van der Waals surface area contributed by atoms with Crippen molar-refractivity contribution in [3.8, 4) is 0 Å². The molecule has 0 bridgehead atoms. The van der Waals surface area contributed by atoms with E-state index in [4.69, 9.17) is 0 Å². The van der Waals surface area contributed by atoms with E-state index in [9.17, 15) is 0 Å². The molecule has 0 atom stereocenters. The largest absolute Gasteiger partial charge is 0.255 e. The molecule has 0 saturated carbocycles. The summed E-state index contributed by atoms with van der Waals surface area (Å²) in [6.45, 7) is 2.17. The number of thiophene rings is 1. The molecule has 0 saturated heterocycles. The Morgan fingerprint density at radius 3 is 3.18 bits per heavy atom. The van der Waals surface area contributed by atoms with Gasteiger partial charge in [0.15, 0.2) is 0 Å². The van der Waals surface area contributed by atoms with Crippen LogP contribution in [0.2, 0.25) is 0 Å². The molecule has 0 aliphatic carbocycles. The molecule has 2 heteroatoms. The van der Waals surface area contributed by atoms with Crippen molar-refractivity contribution in [3.05, 3.63) is 29.3 Å². The molecule has 0 spiro atoms. The average molecular weight is 163 g/mol. The minimum atomic E-state index is 1.11. The average Bonchev–Trinajstić information content (AvgIpc) is 2.46. The topological polar surface area (TPSA) is 12.9 Å². The van der Waals surface area contributed by atoms with Gasteiger partial charge in [-0.2, -0.15) is 0 Å². The normalized spacial score (nSPS) is 10.6. The third-order valence-electron chi connectivity index (χ3n) is 1.69. The van der Waals surface area contributed by atoms with E-state index in [0.29, 0.717) is 0 Å². The third kappa shape index (κ3) is 1.14. The lowest BCUT2D eigenvalue weighted by Gasteiger charge is -1.81. The first kappa shape index (κ1) is 6.80. The van der Waals surface area contributed by atoms with Crippen LogP contribution in [0.25, 0.3) is 10.2 Å². The Morgan fingerprint density at radius 2 is 2.45 bits per heavy atom. The Balaban J connectivity index is 2.69. The molecule has 2 aromatic rings. The van der Waals surface area contributed by atoms with Gasteiger partial charge in [-0.25, -0.2) is 0 Å². The highest BCUT2D eigenvalue weighted by Crippen LogP contribution is 2.23. The summed E-state index contributed by atoms with van der Waals surface area (Å²) in [5.41, 5.74) is 1.13. The predicted molar refractivity (Wildman–Crippen MR) is 49.0 cm³/mol. The first-order valence-electron chi connectivity index (χ1n) is 3.73. The summed E-state index contributed by atoms with van der Waals surface area (Å²) in [5.74, 6) is 0. The van der Waals surface area contributed by atoms with Gasteiger partial charge in [-0.3, -0.25) is 4.98 Å². The molecular weight excluding hydrogens is 154 g/mol. The second kappa shape index (κ2) is 2.62. The molecule has 2 aromatic heterocycles. The summed E-state index contributed by atoms with van der Waals surface area (Å²) >= 11 is 1.83. The molecular formula is C9H9NS. The van der Waals surface area contributed by atoms with E-state index in [1.165, 1.54) is 9.58 Å². The van der Waals surface area contributed by atoms with Crippen LogP contribution in [0.1, 0.15) is 11.8 Å². The second-order valence-corrected chi connectivity index (χ2v) is 3.62. The summed E-state index contributed by atoms with van der Waals surface area (Å²) in [4.78, 5) is 5.68. The molecule has 56 valence electrons. The molecule has 0 aliphatic rings. The fourth-order valence-electron chi connectivity index (χ4n) is 1.09. The fraction of sp³-hybridized carbons (Fsp3) is 0.222. The molecule has 0 N–H and O–H groups in total. The van der Waals surface area contributed by atoms with Gasteiger partial charge in [0.1, 0.15) is 0 Å². The summed E-state index contributed by atoms with van der Waals surface area (Å²) in [5, 5.41) is 0. The van der Waals surface area contributed by atoms with E-state index in [1.807, 2.05) is 23.6 Å². The molecule has 0 amide bonds. The number of nitrogens with zero attached hydrogens (tertiary/aromatic N) is 1. The van der Waals surface area contributed by atoms with Crippen molar-refractivity contribution in [1.29, 1.82) is 0 Å². The molecule has 0 aromatic carbocycles. The first-order valence-corrected chi connectivity index (χ1v) is 4.55. The van der Waals surface area contributed by atoms with Crippen LogP contribution in [-0.4, -0.2) is 4.98 Å². The highest BCUT2D eigenvalue weighted by atomic mass is 32.1. The third-order valence-corrected chi connectivity index (χ3v) is 2.92. The van der Waals surface area contributed by atoms with Crippen LogP contribution in [0, 0.1) is 0 Å². The lowest BCUT2D eigenvalue weighted by molar-refractivity contribution is 1.19. The van der Waals surface area contributed by atoms with Gasteiger partial charge in [-0.05, 0) is 24.6 Å². The van der Waals surface area contributed by atoms with Gasteiger partial charge in [0.05, 0.1) is 10.2 Å². The van der Waals surface area contributed by atoms with Gasteiger partial charge in [0.25, 0.3) is 0 Å². The number of aryl methyl sites for hydroxylation is 1. The Hall–Kier alpha value is -0.890. The lowest BCUT2D eigenvalue weighted by atomic mass is 10.3. The molecule has 0 unspecified atom stereocenters. The number of aromatic nitrogens is 1. The zero-order valence-corrected chi connectivity index (χ0v) is 7.19. The Morgan fingerprint density at radius 1 is 1.55 bits per heavy atom. The quantitative estimate of drug-likeness (QED) is 0.630. The van der Waals surface area contributed by atoms with Gasteiger partial charge < -0.3 is 0 Å². The van der Waals surface area contributed by atoms with Gasteiger partial charge in [0.2, 0.25) is 0 Å². The smallest absolute Gasteiger partial charge is 0.0812 e. The minimum Gasteiger partial charge on any atom is -0.255 e. The van der Waals surface area contributed by atoms with Crippen molar-refractivity contribution in [2.45, 2.75) is 13.3 Å². The van der Waals surface area contributed by atoms with Crippen molar-refractivity contribution in [2.24, 2.45) is 0 Å². The Bertz CT molecular complexity index is 331. The van der Waals surface area contributed by atoms with Crippen molar-refractivity contribution in [1.82, 2.24) is 4.98 Å². The van der Waals surface area contributed by atoms with E-state index in [1.54, 1.807) is 0 Å². The van der Waals surface area contributed by atoms with Crippen LogP contribution in [-0.2, 0) is 6.42 Å². The van der Waals surface area contributed by atoms with Gasteiger partial charge in [-0.1, -0.05) is 6.92 Å². The van der Waals surface area contributed by atoms with Crippen molar-refractivity contribution >= 4 is 21.6 Å². The van der Waals surface area contributed by atoms with E-state index in [-0.39, 0.29) is 0 Å². The molecule has 11 heavy (non-hydrogen) atoms. The maximum absolute atomic E-state index is 4.26. The Kier molecular flexibility index (Phi) is 1.62. The summed E-state index contributed by atoms with van der Waals surface area (Å²) in [7, 11) is 0. The second-order valence-electron chi connectivity index (χ2n) is 2.45. The molecule has 0 fully saturated rings. The van der Waals surface area contributed by atoms with Crippen LogP contribution in [0.4, 0.5) is 0 Å². The standard InChI is InChI=1S/C9H9NS/c1-2-7-6-8-9(11-7)4-3-5-10-8/h3-6H,2H2,1H3. The molecule has 1 nitrogen and oxygen atoms in total. The molecule has 2 rings (SSSR count). The van der Waals surface area contributed by atoms with Gasteiger partial charge >= 0.3 is 0 Å². The van der Waals surface area contributed by atoms with Crippen LogP contribution in [0.5, 0.6) is 0 Å². The van der Waals surface area contributed by atoms with Gasteiger partial charge in [-0.15, -0.1) is 11.3 Å². The number of hydrogen-bond donors (Lipinski definition) is 0. The van der Waals surface area contributed by atoms with Crippen LogP contribution in [0.15, 0.2) is 24.4 Å². The summed E-state index contributed by atoms with van der Waals surface area (Å²) < 4.78 is 1.30. The number of hydrogen-bond acceptors (Lipinski definition) is 2. The summed E-state index contributed by atoms with van der Waals surface area (Å²) in [6, 6.07) is 6.27. The Labute approximate surface area is 69.7 Å². The minimum absolute atomic E-state index is 1.11. The van der Waals surface area contributed by atoms with Crippen LogP contribution in [0.3, 0.4) is 0 Å². The highest BCUT2D eigenvalue weighted by Gasteiger charge is 1.98. The molecule has 0 aliphatic heterocycles. The van der Waals surface area contributed by atoms with Crippen molar-refractivity contribution < 1.29 is 0 Å². The molecule has 0 radical (unpaired) electrons. The van der Waals surface area contributed by atoms with Crippen LogP contribution >= 0.6 is 11.3 Å². The van der Waals surface area contributed by atoms with Crippen molar-refractivity contribution in [3.63, 3.8) is 0 Å². The maximum atomic E-state index is 4.26. The predicted octanol–water partition coefficient (Wildman–Crippen LogP) is 2.86. The SMILES string of the molecule is CCc1cc2ncccc2s1. The van der Waals surface area contributed by atoms with Gasteiger partial charge in [0, 0.05) is 11.1 Å². The lowest BCUT2D eigenvalue weighted by Crippen LogP contribution is -1.68. The maximum Gasteiger partial charge on any atom is 0.0812 e.